The van der Waals surface area contributed by atoms with Crippen molar-refractivity contribution in [2.45, 2.75) is 26.2 Å². The summed E-state index contributed by atoms with van der Waals surface area (Å²) in [4.78, 5) is 26.0. The van der Waals surface area contributed by atoms with Crippen molar-refractivity contribution in [2.24, 2.45) is 11.1 Å². The minimum absolute atomic E-state index is 0. The van der Waals surface area contributed by atoms with Gasteiger partial charge in [-0.1, -0.05) is 18.5 Å². The number of amides is 2. The van der Waals surface area contributed by atoms with E-state index < -0.39 is 0 Å². The van der Waals surface area contributed by atoms with Gasteiger partial charge in [-0.05, 0) is 49.1 Å². The molecule has 1 aliphatic heterocycles. The molecule has 7 heteroatoms. The molecule has 0 saturated carbocycles. The van der Waals surface area contributed by atoms with E-state index in [9.17, 15) is 9.59 Å². The molecule has 0 spiro atoms. The molecule has 1 fully saturated rings. The molecule has 1 unspecified atom stereocenters. The second kappa shape index (κ2) is 9.25. The molecule has 134 valence electrons. The van der Waals surface area contributed by atoms with Crippen LogP contribution in [0.25, 0.3) is 0 Å². The highest BCUT2D eigenvalue weighted by atomic mass is 35.5. The lowest BCUT2D eigenvalue weighted by atomic mass is 9.90. The minimum atomic E-state index is -0.147. The molecule has 1 aromatic carbocycles. The minimum Gasteiger partial charge on any atom is -0.352 e. The van der Waals surface area contributed by atoms with E-state index in [-0.39, 0.29) is 29.6 Å². The quantitative estimate of drug-likeness (QED) is 0.752. The van der Waals surface area contributed by atoms with Crippen molar-refractivity contribution < 1.29 is 9.59 Å². The smallest absolute Gasteiger partial charge is 0.251 e. The van der Waals surface area contributed by atoms with E-state index in [1.165, 1.54) is 0 Å². The maximum absolute atomic E-state index is 12.2. The summed E-state index contributed by atoms with van der Waals surface area (Å²) in [5.41, 5.74) is 6.38. The summed E-state index contributed by atoms with van der Waals surface area (Å²) in [6.45, 7) is 4.72. The molecule has 1 saturated heterocycles. The average Bonchev–Trinajstić information content (AvgIpc) is 2.95. The number of nitrogens with two attached hydrogens (primary N) is 1. The van der Waals surface area contributed by atoms with Crippen LogP contribution >= 0.6 is 24.0 Å². The van der Waals surface area contributed by atoms with Crippen molar-refractivity contribution in [3.05, 3.63) is 34.9 Å². The van der Waals surface area contributed by atoms with Gasteiger partial charge < -0.3 is 16.0 Å². The summed E-state index contributed by atoms with van der Waals surface area (Å²) < 4.78 is 0. The summed E-state index contributed by atoms with van der Waals surface area (Å²) in [6, 6.07) is 6.73. The van der Waals surface area contributed by atoms with Crippen molar-refractivity contribution >= 4 is 35.8 Å². The SMILES string of the molecule is CC1(CN)CCN(C(=O)CCCNC(=O)c2ccc(Cl)cc2)C1.Cl. The van der Waals surface area contributed by atoms with Gasteiger partial charge in [0.2, 0.25) is 5.91 Å². The summed E-state index contributed by atoms with van der Waals surface area (Å²) in [5, 5.41) is 3.42. The Bertz CT molecular complexity index is 565. The zero-order valence-electron chi connectivity index (χ0n) is 13.9. The zero-order chi connectivity index (χ0) is 16.9. The average molecular weight is 374 g/mol. The molecule has 1 atom stereocenters. The van der Waals surface area contributed by atoms with Gasteiger partial charge in [0.15, 0.2) is 0 Å². The molecule has 1 aliphatic rings. The number of carbonyl (C=O) groups is 2. The summed E-state index contributed by atoms with van der Waals surface area (Å²) in [6.07, 6.45) is 2.04. The first kappa shape index (κ1) is 20.7. The fourth-order valence-electron chi connectivity index (χ4n) is 2.71. The topological polar surface area (TPSA) is 75.4 Å². The van der Waals surface area contributed by atoms with Gasteiger partial charge >= 0.3 is 0 Å². The van der Waals surface area contributed by atoms with Crippen LogP contribution in [0, 0.1) is 5.41 Å². The van der Waals surface area contributed by atoms with E-state index in [4.69, 9.17) is 17.3 Å². The Balaban J connectivity index is 0.00000288. The second-order valence-electron chi connectivity index (χ2n) is 6.45. The Kier molecular flexibility index (Phi) is 8.00. The van der Waals surface area contributed by atoms with Crippen LogP contribution in [0.1, 0.15) is 36.5 Å². The number of carbonyl (C=O) groups excluding carboxylic acids is 2. The highest BCUT2D eigenvalue weighted by Gasteiger charge is 2.34. The molecule has 2 rings (SSSR count). The molecule has 1 aromatic rings. The molecule has 3 N–H and O–H groups in total. The fourth-order valence-corrected chi connectivity index (χ4v) is 2.83. The molecule has 2 amide bonds. The highest BCUT2D eigenvalue weighted by Crippen LogP contribution is 2.28. The third-order valence-corrected chi connectivity index (χ3v) is 4.61. The molecular formula is C17H25Cl2N3O2. The molecule has 1 heterocycles. The molecule has 5 nitrogen and oxygen atoms in total. The van der Waals surface area contributed by atoms with E-state index in [0.717, 1.165) is 19.5 Å². The monoisotopic (exact) mass is 373 g/mol. The van der Waals surface area contributed by atoms with Gasteiger partial charge in [0.05, 0.1) is 0 Å². The Hall–Kier alpha value is -1.30. The third-order valence-electron chi connectivity index (χ3n) is 4.36. The lowest BCUT2D eigenvalue weighted by Gasteiger charge is -2.22. The van der Waals surface area contributed by atoms with Gasteiger partial charge in [-0.15, -0.1) is 12.4 Å². The zero-order valence-corrected chi connectivity index (χ0v) is 15.5. The normalized spacial score (nSPS) is 19.7. The van der Waals surface area contributed by atoms with E-state index in [1.807, 2.05) is 4.90 Å². The van der Waals surface area contributed by atoms with E-state index in [2.05, 4.69) is 12.2 Å². The van der Waals surface area contributed by atoms with Gasteiger partial charge in [0, 0.05) is 36.6 Å². The number of likely N-dealkylation sites (tertiary alicyclic amines) is 1. The van der Waals surface area contributed by atoms with Crippen LogP contribution in [-0.2, 0) is 4.79 Å². The van der Waals surface area contributed by atoms with Gasteiger partial charge in [-0.3, -0.25) is 9.59 Å². The molecule has 0 aliphatic carbocycles. The maximum atomic E-state index is 12.2. The number of nitrogens with one attached hydrogen (secondary N) is 1. The van der Waals surface area contributed by atoms with Crippen molar-refractivity contribution in [1.82, 2.24) is 10.2 Å². The van der Waals surface area contributed by atoms with Crippen LogP contribution in [0.2, 0.25) is 5.02 Å². The van der Waals surface area contributed by atoms with Gasteiger partial charge in [-0.2, -0.15) is 0 Å². The van der Waals surface area contributed by atoms with Crippen LogP contribution < -0.4 is 11.1 Å². The molecule has 0 bridgehead atoms. The Morgan fingerprint density at radius 2 is 2.00 bits per heavy atom. The van der Waals surface area contributed by atoms with Crippen LogP contribution in [0.5, 0.6) is 0 Å². The standard InChI is InChI=1S/C17H24ClN3O2.ClH/c1-17(11-19)8-10-21(12-17)15(22)3-2-9-20-16(23)13-4-6-14(18)7-5-13;/h4-7H,2-3,8-12,19H2,1H3,(H,20,23);1H. The Labute approximate surface area is 154 Å². The summed E-state index contributed by atoms with van der Waals surface area (Å²) in [7, 11) is 0. The largest absolute Gasteiger partial charge is 0.352 e. The number of nitrogens with zero attached hydrogens (tertiary/aromatic N) is 1. The van der Waals surface area contributed by atoms with E-state index in [0.29, 0.717) is 36.5 Å². The van der Waals surface area contributed by atoms with Crippen molar-refractivity contribution in [3.63, 3.8) is 0 Å². The lowest BCUT2D eigenvalue weighted by Crippen LogP contribution is -2.34. The molecule has 0 aromatic heterocycles. The first-order valence-electron chi connectivity index (χ1n) is 7.95. The first-order chi connectivity index (χ1) is 10.9. The van der Waals surface area contributed by atoms with Crippen LogP contribution in [0.4, 0.5) is 0 Å². The van der Waals surface area contributed by atoms with Crippen LogP contribution in [0.3, 0.4) is 0 Å². The fraction of sp³-hybridized carbons (Fsp3) is 0.529. The van der Waals surface area contributed by atoms with E-state index in [1.54, 1.807) is 24.3 Å². The number of benzene rings is 1. The molecular weight excluding hydrogens is 349 g/mol. The van der Waals surface area contributed by atoms with Crippen molar-refractivity contribution in [1.29, 1.82) is 0 Å². The lowest BCUT2D eigenvalue weighted by molar-refractivity contribution is -0.130. The van der Waals surface area contributed by atoms with Crippen molar-refractivity contribution in [3.8, 4) is 0 Å². The van der Waals surface area contributed by atoms with Crippen LogP contribution in [-0.4, -0.2) is 42.9 Å². The first-order valence-corrected chi connectivity index (χ1v) is 8.33. The number of rotatable bonds is 6. The number of halogens is 2. The van der Waals surface area contributed by atoms with Gasteiger partial charge in [0.1, 0.15) is 0 Å². The van der Waals surface area contributed by atoms with Crippen LogP contribution in [0.15, 0.2) is 24.3 Å². The number of hydrogen-bond acceptors (Lipinski definition) is 3. The van der Waals surface area contributed by atoms with Gasteiger partial charge in [0.25, 0.3) is 5.91 Å². The Morgan fingerprint density at radius 1 is 1.33 bits per heavy atom. The van der Waals surface area contributed by atoms with Gasteiger partial charge in [-0.25, -0.2) is 0 Å². The van der Waals surface area contributed by atoms with Crippen molar-refractivity contribution in [2.75, 3.05) is 26.2 Å². The maximum Gasteiger partial charge on any atom is 0.251 e. The predicted octanol–water partition coefficient (Wildman–Crippen LogP) is 2.47. The molecule has 0 radical (unpaired) electrons. The second-order valence-corrected chi connectivity index (χ2v) is 6.88. The van der Waals surface area contributed by atoms with E-state index >= 15 is 0 Å². The molecule has 24 heavy (non-hydrogen) atoms. The number of hydrogen-bond donors (Lipinski definition) is 2. The third kappa shape index (κ3) is 5.65. The predicted molar refractivity (Wildman–Crippen MR) is 98.6 cm³/mol. The highest BCUT2D eigenvalue weighted by molar-refractivity contribution is 6.30. The summed E-state index contributed by atoms with van der Waals surface area (Å²) in [5.74, 6) is -0.00564. The summed E-state index contributed by atoms with van der Waals surface area (Å²) >= 11 is 5.79. The Morgan fingerprint density at radius 3 is 2.58 bits per heavy atom.